The molecule has 0 spiro atoms. The molecule has 0 unspecified atom stereocenters. The van der Waals surface area contributed by atoms with Crippen LogP contribution in [-0.2, 0) is 4.79 Å². The summed E-state index contributed by atoms with van der Waals surface area (Å²) in [5.74, 6) is -1.84. The Kier molecular flexibility index (Phi) is 3.57. The van der Waals surface area contributed by atoms with E-state index in [2.05, 4.69) is 4.90 Å². The van der Waals surface area contributed by atoms with E-state index in [1.165, 1.54) is 11.0 Å². The van der Waals surface area contributed by atoms with Gasteiger partial charge < -0.3 is 9.80 Å². The Balaban J connectivity index is 2.12. The van der Waals surface area contributed by atoms with Crippen molar-refractivity contribution >= 4 is 5.91 Å². The number of carbonyl (C=O) groups excluding carboxylic acids is 1. The third kappa shape index (κ3) is 2.54. The van der Waals surface area contributed by atoms with Gasteiger partial charge in [-0.2, -0.15) is 0 Å². The van der Waals surface area contributed by atoms with Gasteiger partial charge >= 0.3 is 0 Å². The van der Waals surface area contributed by atoms with E-state index < -0.39 is 17.6 Å². The van der Waals surface area contributed by atoms with Crippen molar-refractivity contribution in [3.63, 3.8) is 0 Å². The summed E-state index contributed by atoms with van der Waals surface area (Å²) in [5.41, 5.74) is -0.360. The van der Waals surface area contributed by atoms with Crippen molar-refractivity contribution in [3.8, 4) is 0 Å². The quantitative estimate of drug-likeness (QED) is 0.697. The zero-order chi connectivity index (χ0) is 12.4. The minimum Gasteiger partial charge on any atom is -0.336 e. The highest BCUT2D eigenvalue weighted by Crippen LogP contribution is 2.28. The SMILES string of the molecule is CN1CCN(C(=O)C2=C(F)CCC=C2F)CC1. The fourth-order valence-electron chi connectivity index (χ4n) is 2.07. The molecule has 0 aromatic carbocycles. The molecule has 17 heavy (non-hydrogen) atoms. The number of carbonyl (C=O) groups is 1. The van der Waals surface area contributed by atoms with Gasteiger partial charge in [-0.3, -0.25) is 4.79 Å². The summed E-state index contributed by atoms with van der Waals surface area (Å²) in [5, 5.41) is 0. The molecular weight excluding hydrogens is 226 g/mol. The number of allylic oxidation sites excluding steroid dienone is 2. The molecule has 3 nitrogen and oxygen atoms in total. The Morgan fingerprint density at radius 2 is 1.88 bits per heavy atom. The van der Waals surface area contributed by atoms with E-state index in [-0.39, 0.29) is 12.0 Å². The van der Waals surface area contributed by atoms with Crippen LogP contribution in [0.1, 0.15) is 12.8 Å². The van der Waals surface area contributed by atoms with Gasteiger partial charge in [-0.15, -0.1) is 0 Å². The van der Waals surface area contributed by atoms with Crippen LogP contribution in [-0.4, -0.2) is 48.9 Å². The fourth-order valence-corrected chi connectivity index (χ4v) is 2.07. The number of halogens is 2. The van der Waals surface area contributed by atoms with E-state index in [0.29, 0.717) is 19.5 Å². The zero-order valence-corrected chi connectivity index (χ0v) is 9.88. The summed E-state index contributed by atoms with van der Waals surface area (Å²) in [6.45, 7) is 2.54. The Hall–Kier alpha value is -1.23. The average Bonchev–Trinajstić information content (AvgIpc) is 2.29. The second-order valence-corrected chi connectivity index (χ2v) is 4.47. The molecule has 0 atom stereocenters. The topological polar surface area (TPSA) is 23.6 Å². The number of hydrogen-bond donors (Lipinski definition) is 0. The lowest BCUT2D eigenvalue weighted by Crippen LogP contribution is -2.47. The van der Waals surface area contributed by atoms with Crippen LogP contribution in [0.2, 0.25) is 0 Å². The van der Waals surface area contributed by atoms with Crippen LogP contribution < -0.4 is 0 Å². The second-order valence-electron chi connectivity index (χ2n) is 4.47. The third-order valence-corrected chi connectivity index (χ3v) is 3.20. The van der Waals surface area contributed by atoms with Crippen LogP contribution in [0.5, 0.6) is 0 Å². The number of piperazine rings is 1. The molecule has 1 heterocycles. The molecule has 2 aliphatic rings. The van der Waals surface area contributed by atoms with Crippen molar-refractivity contribution in [3.05, 3.63) is 23.3 Å². The normalized spacial score (nSPS) is 22.8. The molecule has 0 bridgehead atoms. The van der Waals surface area contributed by atoms with Gasteiger partial charge in [-0.1, -0.05) is 0 Å². The van der Waals surface area contributed by atoms with Gasteiger partial charge in [0, 0.05) is 32.6 Å². The summed E-state index contributed by atoms with van der Waals surface area (Å²) >= 11 is 0. The largest absolute Gasteiger partial charge is 0.336 e. The Morgan fingerprint density at radius 3 is 2.47 bits per heavy atom. The molecule has 1 amide bonds. The summed E-state index contributed by atoms with van der Waals surface area (Å²) in [6, 6.07) is 0. The predicted octanol–water partition coefficient (Wildman–Crippen LogP) is 1.63. The van der Waals surface area contributed by atoms with Gasteiger partial charge in [0.2, 0.25) is 0 Å². The van der Waals surface area contributed by atoms with Crippen molar-refractivity contribution in [2.75, 3.05) is 33.2 Å². The molecule has 1 aliphatic carbocycles. The highest BCUT2D eigenvalue weighted by atomic mass is 19.1. The maximum atomic E-state index is 13.5. The van der Waals surface area contributed by atoms with Gasteiger partial charge in [0.15, 0.2) is 0 Å². The lowest BCUT2D eigenvalue weighted by atomic mass is 10.0. The maximum Gasteiger partial charge on any atom is 0.259 e. The molecular formula is C12H16F2N2O. The van der Waals surface area contributed by atoms with Crippen molar-refractivity contribution in [1.29, 1.82) is 0 Å². The minimum absolute atomic E-state index is 0.127. The highest BCUT2D eigenvalue weighted by molar-refractivity contribution is 5.98. The van der Waals surface area contributed by atoms with Gasteiger partial charge in [-0.25, -0.2) is 8.78 Å². The molecule has 0 aromatic rings. The van der Waals surface area contributed by atoms with Crippen LogP contribution in [0, 0.1) is 0 Å². The standard InChI is InChI=1S/C12H16F2N2O/c1-15-5-7-16(8-6-15)12(17)11-9(13)3-2-4-10(11)14/h3H,2,4-8H2,1H3. The van der Waals surface area contributed by atoms with E-state index >= 15 is 0 Å². The van der Waals surface area contributed by atoms with Crippen molar-refractivity contribution in [2.45, 2.75) is 12.8 Å². The first-order valence-corrected chi connectivity index (χ1v) is 5.82. The molecule has 5 heteroatoms. The summed E-state index contributed by atoms with van der Waals surface area (Å²) in [6.07, 6.45) is 1.74. The number of hydrogen-bond acceptors (Lipinski definition) is 2. The van der Waals surface area contributed by atoms with Crippen LogP contribution in [0.3, 0.4) is 0 Å². The van der Waals surface area contributed by atoms with Crippen LogP contribution >= 0.6 is 0 Å². The van der Waals surface area contributed by atoms with Crippen LogP contribution in [0.4, 0.5) is 8.78 Å². The Bertz CT molecular complexity index is 382. The fraction of sp³-hybridized carbons (Fsp3) is 0.583. The summed E-state index contributed by atoms with van der Waals surface area (Å²) in [4.78, 5) is 15.6. The van der Waals surface area contributed by atoms with E-state index in [9.17, 15) is 13.6 Å². The molecule has 0 radical (unpaired) electrons. The van der Waals surface area contributed by atoms with Gasteiger partial charge in [-0.05, 0) is 19.5 Å². The van der Waals surface area contributed by atoms with Crippen molar-refractivity contribution < 1.29 is 13.6 Å². The first-order chi connectivity index (χ1) is 8.09. The van der Waals surface area contributed by atoms with Gasteiger partial charge in [0.05, 0.1) is 0 Å². The third-order valence-electron chi connectivity index (χ3n) is 3.20. The van der Waals surface area contributed by atoms with Crippen LogP contribution in [0.25, 0.3) is 0 Å². The predicted molar refractivity (Wildman–Crippen MR) is 60.6 cm³/mol. The molecule has 0 aromatic heterocycles. The smallest absolute Gasteiger partial charge is 0.259 e. The number of nitrogens with zero attached hydrogens (tertiary/aromatic N) is 2. The lowest BCUT2D eigenvalue weighted by Gasteiger charge is -2.33. The zero-order valence-electron chi connectivity index (χ0n) is 9.88. The minimum atomic E-state index is -0.710. The van der Waals surface area contributed by atoms with Crippen LogP contribution in [0.15, 0.2) is 23.3 Å². The lowest BCUT2D eigenvalue weighted by molar-refractivity contribution is -0.128. The maximum absolute atomic E-state index is 13.5. The van der Waals surface area contributed by atoms with E-state index in [0.717, 1.165) is 13.1 Å². The molecule has 1 aliphatic heterocycles. The number of rotatable bonds is 1. The second kappa shape index (κ2) is 4.96. The van der Waals surface area contributed by atoms with Gasteiger partial charge in [0.25, 0.3) is 5.91 Å². The van der Waals surface area contributed by atoms with E-state index in [1.54, 1.807) is 0 Å². The molecule has 0 N–H and O–H groups in total. The van der Waals surface area contributed by atoms with E-state index in [1.807, 2.05) is 7.05 Å². The molecule has 0 saturated carbocycles. The molecule has 1 fully saturated rings. The number of amides is 1. The molecule has 2 rings (SSSR count). The monoisotopic (exact) mass is 242 g/mol. The van der Waals surface area contributed by atoms with Crippen molar-refractivity contribution in [2.24, 2.45) is 0 Å². The summed E-state index contributed by atoms with van der Waals surface area (Å²) < 4.78 is 27.0. The molecule has 94 valence electrons. The van der Waals surface area contributed by atoms with E-state index in [4.69, 9.17) is 0 Å². The Morgan fingerprint density at radius 1 is 1.24 bits per heavy atom. The molecule has 1 saturated heterocycles. The first kappa shape index (κ1) is 12.2. The highest BCUT2D eigenvalue weighted by Gasteiger charge is 2.28. The van der Waals surface area contributed by atoms with Gasteiger partial charge in [0.1, 0.15) is 17.2 Å². The average molecular weight is 242 g/mol. The van der Waals surface area contributed by atoms with Crippen molar-refractivity contribution in [1.82, 2.24) is 9.80 Å². The summed E-state index contributed by atoms with van der Waals surface area (Å²) in [7, 11) is 1.96. The number of likely N-dealkylation sites (N-methyl/N-ethyl adjacent to an activating group) is 1. The Labute approximate surface area is 99.4 Å². The first-order valence-electron chi connectivity index (χ1n) is 5.82.